The zero-order chi connectivity index (χ0) is 8.82. The second kappa shape index (κ2) is 2.41. The van der Waals surface area contributed by atoms with Crippen molar-refractivity contribution in [2.24, 2.45) is 5.41 Å². The molecule has 1 saturated heterocycles. The minimum absolute atomic E-state index is 0.129. The van der Waals surface area contributed by atoms with E-state index < -0.39 is 11.3 Å². The Balaban J connectivity index is 2.07. The van der Waals surface area contributed by atoms with Crippen molar-refractivity contribution in [3.63, 3.8) is 0 Å². The first-order chi connectivity index (χ1) is 5.56. The first kappa shape index (κ1) is 8.42. The Kier molecular flexibility index (Phi) is 1.69. The minimum atomic E-state index is -2.36. The topological polar surface area (TPSA) is 3.24 Å². The highest BCUT2D eigenvalue weighted by molar-refractivity contribution is 5.11. The standard InChI is InChI=1S/C9H15F2N/c1-12-5-3-2-4-8(7-12)6-9(8,10)11/h2-7H2,1H3. The number of likely N-dealkylation sites (tertiary alicyclic amines) is 1. The molecule has 2 fully saturated rings. The molecule has 0 amide bonds. The number of rotatable bonds is 0. The fourth-order valence-corrected chi connectivity index (χ4v) is 2.34. The van der Waals surface area contributed by atoms with Gasteiger partial charge in [0.1, 0.15) is 0 Å². The molecule has 1 nitrogen and oxygen atoms in total. The van der Waals surface area contributed by atoms with Gasteiger partial charge in [0.05, 0.1) is 5.41 Å². The molecular weight excluding hydrogens is 160 g/mol. The quantitative estimate of drug-likeness (QED) is 0.545. The van der Waals surface area contributed by atoms with Crippen molar-refractivity contribution < 1.29 is 8.78 Å². The Morgan fingerprint density at radius 2 is 1.92 bits per heavy atom. The fourth-order valence-electron chi connectivity index (χ4n) is 2.34. The zero-order valence-electron chi connectivity index (χ0n) is 7.45. The maximum absolute atomic E-state index is 13.0. The van der Waals surface area contributed by atoms with Crippen LogP contribution in [0.4, 0.5) is 8.78 Å². The van der Waals surface area contributed by atoms with E-state index >= 15 is 0 Å². The second-order valence-corrected chi connectivity index (χ2v) is 4.36. The van der Waals surface area contributed by atoms with Crippen molar-refractivity contribution in [2.75, 3.05) is 20.1 Å². The van der Waals surface area contributed by atoms with Crippen molar-refractivity contribution in [3.8, 4) is 0 Å². The molecule has 1 aliphatic carbocycles. The van der Waals surface area contributed by atoms with Crippen LogP contribution in [0.15, 0.2) is 0 Å². The monoisotopic (exact) mass is 175 g/mol. The Hall–Kier alpha value is -0.180. The normalized spacial score (nSPS) is 41.2. The lowest BCUT2D eigenvalue weighted by atomic mass is 10.00. The van der Waals surface area contributed by atoms with Crippen LogP contribution in [0.5, 0.6) is 0 Å². The Bertz CT molecular complexity index is 193. The van der Waals surface area contributed by atoms with Gasteiger partial charge in [-0.3, -0.25) is 0 Å². The maximum Gasteiger partial charge on any atom is 0.255 e. The van der Waals surface area contributed by atoms with Gasteiger partial charge < -0.3 is 4.90 Å². The Labute approximate surface area is 71.7 Å². The SMILES string of the molecule is CN1CCCCC2(C1)CC2(F)F. The van der Waals surface area contributed by atoms with Crippen LogP contribution in [0.3, 0.4) is 0 Å². The van der Waals surface area contributed by atoms with Gasteiger partial charge in [0, 0.05) is 13.0 Å². The van der Waals surface area contributed by atoms with E-state index in [2.05, 4.69) is 0 Å². The molecule has 0 radical (unpaired) electrons. The summed E-state index contributed by atoms with van der Waals surface area (Å²) in [6.07, 6.45) is 2.91. The number of alkyl halides is 2. The van der Waals surface area contributed by atoms with Crippen LogP contribution in [0, 0.1) is 5.41 Å². The number of halogens is 2. The highest BCUT2D eigenvalue weighted by Gasteiger charge is 2.70. The molecule has 2 rings (SSSR count). The van der Waals surface area contributed by atoms with Crippen molar-refractivity contribution in [3.05, 3.63) is 0 Å². The molecule has 12 heavy (non-hydrogen) atoms. The summed E-state index contributed by atoms with van der Waals surface area (Å²) in [6.45, 7) is 1.58. The highest BCUT2D eigenvalue weighted by atomic mass is 19.3. The summed E-state index contributed by atoms with van der Waals surface area (Å²) in [5.41, 5.74) is -0.627. The van der Waals surface area contributed by atoms with Gasteiger partial charge in [-0.25, -0.2) is 8.78 Å². The largest absolute Gasteiger partial charge is 0.306 e. The van der Waals surface area contributed by atoms with E-state index in [1.54, 1.807) is 0 Å². The second-order valence-electron chi connectivity index (χ2n) is 4.36. The van der Waals surface area contributed by atoms with Gasteiger partial charge in [-0.1, -0.05) is 6.42 Å². The third-order valence-corrected chi connectivity index (χ3v) is 3.23. The first-order valence-corrected chi connectivity index (χ1v) is 4.62. The molecule has 2 aliphatic rings. The van der Waals surface area contributed by atoms with Gasteiger partial charge >= 0.3 is 0 Å². The maximum atomic E-state index is 13.0. The average Bonchev–Trinajstić information content (AvgIpc) is 2.52. The molecule has 70 valence electrons. The van der Waals surface area contributed by atoms with Crippen molar-refractivity contribution in [1.29, 1.82) is 0 Å². The van der Waals surface area contributed by atoms with E-state index in [9.17, 15) is 8.78 Å². The molecule has 0 bridgehead atoms. The van der Waals surface area contributed by atoms with E-state index in [4.69, 9.17) is 0 Å². The van der Waals surface area contributed by atoms with E-state index in [1.165, 1.54) is 0 Å². The minimum Gasteiger partial charge on any atom is -0.306 e. The fraction of sp³-hybridized carbons (Fsp3) is 1.00. The zero-order valence-corrected chi connectivity index (χ0v) is 7.45. The number of hydrogen-bond acceptors (Lipinski definition) is 1. The molecule has 1 saturated carbocycles. The smallest absolute Gasteiger partial charge is 0.255 e. The summed E-state index contributed by atoms with van der Waals surface area (Å²) >= 11 is 0. The molecule has 0 aromatic rings. The van der Waals surface area contributed by atoms with Crippen LogP contribution in [0.2, 0.25) is 0 Å². The first-order valence-electron chi connectivity index (χ1n) is 4.62. The van der Waals surface area contributed by atoms with E-state index in [1.807, 2.05) is 11.9 Å². The van der Waals surface area contributed by atoms with E-state index in [0.29, 0.717) is 6.54 Å². The summed E-state index contributed by atoms with van der Waals surface area (Å²) in [7, 11) is 1.95. The predicted octanol–water partition coefficient (Wildman–Crippen LogP) is 2.13. The average molecular weight is 175 g/mol. The van der Waals surface area contributed by atoms with Crippen molar-refractivity contribution in [1.82, 2.24) is 4.90 Å². The van der Waals surface area contributed by atoms with Crippen LogP contribution < -0.4 is 0 Å². The van der Waals surface area contributed by atoms with Gasteiger partial charge in [-0.2, -0.15) is 0 Å². The van der Waals surface area contributed by atoms with Gasteiger partial charge in [-0.05, 0) is 26.4 Å². The Morgan fingerprint density at radius 1 is 1.25 bits per heavy atom. The predicted molar refractivity (Wildman–Crippen MR) is 43.3 cm³/mol. The Morgan fingerprint density at radius 3 is 2.50 bits per heavy atom. The van der Waals surface area contributed by atoms with Gasteiger partial charge in [0.15, 0.2) is 0 Å². The summed E-state index contributed by atoms with van der Waals surface area (Å²) in [6, 6.07) is 0. The third kappa shape index (κ3) is 1.15. The van der Waals surface area contributed by atoms with E-state index in [0.717, 1.165) is 25.8 Å². The highest BCUT2D eigenvalue weighted by Crippen LogP contribution is 2.63. The van der Waals surface area contributed by atoms with Gasteiger partial charge in [0.25, 0.3) is 5.92 Å². The molecule has 0 aromatic carbocycles. The molecule has 1 heterocycles. The summed E-state index contributed by atoms with van der Waals surface area (Å²) in [4.78, 5) is 2.05. The summed E-state index contributed by atoms with van der Waals surface area (Å²) in [5, 5.41) is 0. The lowest BCUT2D eigenvalue weighted by Gasteiger charge is -2.19. The lowest BCUT2D eigenvalue weighted by Crippen LogP contribution is -2.28. The van der Waals surface area contributed by atoms with Crippen LogP contribution in [-0.2, 0) is 0 Å². The van der Waals surface area contributed by atoms with Crippen LogP contribution in [0.1, 0.15) is 25.7 Å². The van der Waals surface area contributed by atoms with Gasteiger partial charge in [-0.15, -0.1) is 0 Å². The molecular formula is C9H15F2N. The van der Waals surface area contributed by atoms with Gasteiger partial charge in [0.2, 0.25) is 0 Å². The van der Waals surface area contributed by atoms with E-state index in [-0.39, 0.29) is 6.42 Å². The molecule has 1 aliphatic heterocycles. The van der Waals surface area contributed by atoms with Crippen LogP contribution in [0.25, 0.3) is 0 Å². The summed E-state index contributed by atoms with van der Waals surface area (Å²) in [5.74, 6) is -2.36. The van der Waals surface area contributed by atoms with Crippen molar-refractivity contribution in [2.45, 2.75) is 31.6 Å². The van der Waals surface area contributed by atoms with Crippen molar-refractivity contribution >= 4 is 0 Å². The lowest BCUT2D eigenvalue weighted by molar-refractivity contribution is 0.0511. The molecule has 1 spiro atoms. The number of nitrogens with zero attached hydrogens (tertiary/aromatic N) is 1. The van der Waals surface area contributed by atoms with Crippen LogP contribution >= 0.6 is 0 Å². The third-order valence-electron chi connectivity index (χ3n) is 3.23. The summed E-state index contributed by atoms with van der Waals surface area (Å²) < 4.78 is 26.0. The number of hydrogen-bond donors (Lipinski definition) is 0. The molecule has 3 heteroatoms. The molecule has 0 N–H and O–H groups in total. The molecule has 0 aromatic heterocycles. The van der Waals surface area contributed by atoms with Crippen LogP contribution in [-0.4, -0.2) is 31.0 Å². The molecule has 1 unspecified atom stereocenters. The molecule has 1 atom stereocenters.